The quantitative estimate of drug-likeness (QED) is 0.173. The summed E-state index contributed by atoms with van der Waals surface area (Å²) in [5.74, 6) is 0. The number of hydrogen-bond acceptors (Lipinski definition) is 4. The van der Waals surface area contributed by atoms with E-state index in [0.29, 0.717) is 22.5 Å². The Morgan fingerprint density at radius 3 is 0.932 bits per heavy atom. The van der Waals surface area contributed by atoms with Crippen molar-refractivity contribution in [1.82, 2.24) is 9.13 Å². The zero-order chi connectivity index (χ0) is 52.0. The van der Waals surface area contributed by atoms with Crippen molar-refractivity contribution >= 4 is 98.3 Å². The predicted molar refractivity (Wildman–Crippen MR) is 309 cm³/mol. The lowest BCUT2D eigenvalue weighted by Gasteiger charge is -2.22. The fraction of sp³-hybridized carbons (Fsp3) is 0.235. The zero-order valence-corrected chi connectivity index (χ0v) is 44.5. The van der Waals surface area contributed by atoms with Gasteiger partial charge >= 0.3 is 0 Å². The minimum atomic E-state index is -0.144. The molecule has 0 aliphatic carbocycles. The predicted octanol–water partition coefficient (Wildman–Crippen LogP) is 18.9. The Balaban J connectivity index is 1.39. The first kappa shape index (κ1) is 46.7. The van der Waals surface area contributed by atoms with Gasteiger partial charge in [-0.25, -0.2) is 0 Å². The Morgan fingerprint density at radius 2 is 0.649 bits per heavy atom. The number of rotatable bonds is 2. The Hall–Kier alpha value is -8.32. The summed E-state index contributed by atoms with van der Waals surface area (Å²) < 4.78 is 19.2. The van der Waals surface area contributed by atoms with Gasteiger partial charge in [0.25, 0.3) is 0 Å². The van der Waals surface area contributed by atoms with Crippen molar-refractivity contribution < 1.29 is 8.83 Å². The van der Waals surface area contributed by atoms with Crippen molar-refractivity contribution in [2.24, 2.45) is 0 Å². The van der Waals surface area contributed by atoms with Crippen molar-refractivity contribution in [3.63, 3.8) is 0 Å². The van der Waals surface area contributed by atoms with Crippen LogP contribution in [0.1, 0.15) is 116 Å². The maximum Gasteiger partial charge on any atom is 0.191 e. The van der Waals surface area contributed by atoms with Crippen LogP contribution in [-0.2, 0) is 21.7 Å². The molecule has 0 saturated heterocycles. The van der Waals surface area contributed by atoms with Gasteiger partial charge in [-0.3, -0.25) is 0 Å². The van der Waals surface area contributed by atoms with Crippen molar-refractivity contribution in [3.05, 3.63) is 179 Å². The van der Waals surface area contributed by atoms with Crippen LogP contribution in [0.3, 0.4) is 0 Å². The molecule has 12 rings (SSSR count). The van der Waals surface area contributed by atoms with E-state index in [9.17, 15) is 10.5 Å². The van der Waals surface area contributed by atoms with E-state index in [-0.39, 0.29) is 44.0 Å². The molecule has 0 N–H and O–H groups in total. The first-order valence-electron chi connectivity index (χ1n) is 25.8. The molecule has 0 saturated carbocycles. The molecule has 6 heteroatoms. The second kappa shape index (κ2) is 16.1. The van der Waals surface area contributed by atoms with Crippen molar-refractivity contribution in [1.29, 1.82) is 10.5 Å². The van der Waals surface area contributed by atoms with Crippen LogP contribution >= 0.6 is 0 Å². The zero-order valence-electron chi connectivity index (χ0n) is 44.5. The Bertz CT molecular complexity index is 4110. The number of nitriles is 2. The average molecular weight is 965 g/mol. The third kappa shape index (κ3) is 7.10. The monoisotopic (exact) mass is 964 g/mol. The van der Waals surface area contributed by atoms with E-state index in [1.165, 1.54) is 22.3 Å². The molecule has 0 atom stereocenters. The Labute approximate surface area is 432 Å². The van der Waals surface area contributed by atoms with Gasteiger partial charge in [0.05, 0.1) is 33.4 Å². The van der Waals surface area contributed by atoms with E-state index in [1.54, 1.807) is 0 Å². The number of benzene rings is 9. The molecule has 0 fully saturated rings. The molecule has 9 aromatic carbocycles. The average Bonchev–Trinajstić information content (AvgIpc) is 3.86. The molecule has 12 aromatic rings. The third-order valence-electron chi connectivity index (χ3n) is 15.5. The fourth-order valence-corrected chi connectivity index (χ4v) is 11.3. The Kier molecular flexibility index (Phi) is 10.2. The normalized spacial score (nSPS) is 12.8. The van der Waals surface area contributed by atoms with E-state index < -0.39 is 0 Å². The van der Waals surface area contributed by atoms with Crippen LogP contribution < -0.4 is 0 Å². The second-order valence-corrected chi connectivity index (χ2v) is 24.5. The largest absolute Gasteiger partial charge is 0.451 e. The van der Waals surface area contributed by atoms with Crippen LogP contribution in [0.15, 0.2) is 154 Å². The van der Waals surface area contributed by atoms with Crippen LogP contribution in [0, 0.1) is 22.7 Å². The van der Waals surface area contributed by atoms with Crippen LogP contribution in [0.4, 0.5) is 0 Å². The van der Waals surface area contributed by atoms with Gasteiger partial charge < -0.3 is 18.0 Å². The van der Waals surface area contributed by atoms with Crippen LogP contribution in [0.2, 0.25) is 0 Å². The molecular weight excluding hydrogens is 905 g/mol. The summed E-state index contributed by atoms with van der Waals surface area (Å²) in [6.45, 7) is 26.9. The summed E-state index contributed by atoms with van der Waals surface area (Å²) in [4.78, 5) is 0. The van der Waals surface area contributed by atoms with E-state index in [2.05, 4.69) is 214 Å². The summed E-state index contributed by atoms with van der Waals surface area (Å²) in [6.07, 6.45) is 0. The maximum atomic E-state index is 12.2. The molecule has 0 spiro atoms. The minimum absolute atomic E-state index is 0.144. The highest BCUT2D eigenvalue weighted by Gasteiger charge is 2.32. The second-order valence-electron chi connectivity index (χ2n) is 24.5. The van der Waals surface area contributed by atoms with E-state index in [0.717, 1.165) is 75.9 Å². The van der Waals surface area contributed by atoms with Gasteiger partial charge in [0.15, 0.2) is 11.2 Å². The van der Waals surface area contributed by atoms with Gasteiger partial charge in [-0.1, -0.05) is 168 Å². The lowest BCUT2D eigenvalue weighted by Crippen LogP contribution is -2.12. The highest BCUT2D eigenvalue weighted by Crippen LogP contribution is 2.47. The third-order valence-corrected chi connectivity index (χ3v) is 15.5. The topological polar surface area (TPSA) is 83.7 Å². The number of hydrogen-bond donors (Lipinski definition) is 0. The van der Waals surface area contributed by atoms with Gasteiger partial charge in [-0.15, -0.1) is 0 Å². The fourth-order valence-electron chi connectivity index (χ4n) is 11.3. The first-order valence-corrected chi connectivity index (χ1v) is 25.8. The molecule has 3 aromatic heterocycles. The highest BCUT2D eigenvalue weighted by molar-refractivity contribution is 6.25. The molecule has 0 amide bonds. The molecule has 3 heterocycles. The smallest absolute Gasteiger partial charge is 0.191 e. The lowest BCUT2D eigenvalue weighted by atomic mass is 9.85. The summed E-state index contributed by atoms with van der Waals surface area (Å²) in [5, 5.41) is 34.4. The molecule has 0 aliphatic heterocycles. The Morgan fingerprint density at radius 1 is 0.351 bits per heavy atom. The standard InChI is InChI=1S/C68H60N4O2/c1-65(2,3)41-23-27-53-47(33-41)48-34-42(66(4,5)6)24-28-54(48)71(53)61-51(37-69)63-64(74-58-32-22-40-18-14-16-20-46(40)60(58)59-45-19-15-13-17-39(45)21-31-57(59)73-63)52(38-70)62(61)72-55-29-25-43(67(7,8)9)35-49(55)50-36-44(68(10,11)12)26-30-56(50)72/h13-36H,1-12H3. The molecule has 0 unspecified atom stereocenters. The van der Waals surface area contributed by atoms with Crippen molar-refractivity contribution in [3.8, 4) is 23.5 Å². The molecule has 74 heavy (non-hydrogen) atoms. The summed E-state index contributed by atoms with van der Waals surface area (Å²) in [5.41, 5.74) is 10.8. The van der Waals surface area contributed by atoms with Crippen LogP contribution in [0.5, 0.6) is 0 Å². The van der Waals surface area contributed by atoms with Gasteiger partial charge in [0.2, 0.25) is 0 Å². The molecule has 6 nitrogen and oxygen atoms in total. The molecular formula is C68H60N4O2. The molecule has 364 valence electrons. The van der Waals surface area contributed by atoms with E-state index >= 15 is 0 Å². The SMILES string of the molecule is CC(C)(C)c1ccc2c(c1)c1cc(C(C)(C)C)ccc1n2-c1c(-n2c3ccc(C(C)(C)C)cc3c3cc(C(C)(C)C)ccc32)c(C#N)c2oc3ccc4ccccc4c3c3c(ccc4ccccc43)oc2c1C#N. The number of aromatic nitrogens is 2. The van der Waals surface area contributed by atoms with Crippen molar-refractivity contribution in [2.75, 3.05) is 0 Å². The first-order chi connectivity index (χ1) is 35.1. The summed E-state index contributed by atoms with van der Waals surface area (Å²) in [6, 6.07) is 57.0. The van der Waals surface area contributed by atoms with Crippen LogP contribution in [-0.4, -0.2) is 9.13 Å². The van der Waals surface area contributed by atoms with Crippen molar-refractivity contribution in [2.45, 2.75) is 105 Å². The maximum absolute atomic E-state index is 12.2. The van der Waals surface area contributed by atoms with E-state index in [4.69, 9.17) is 8.83 Å². The number of nitrogens with zero attached hydrogens (tertiary/aromatic N) is 4. The van der Waals surface area contributed by atoms with E-state index in [1.807, 2.05) is 36.4 Å². The van der Waals surface area contributed by atoms with Gasteiger partial charge in [0.1, 0.15) is 34.4 Å². The number of fused-ring (bicyclic) bond motifs is 14. The lowest BCUT2D eigenvalue weighted by molar-refractivity contribution is 0.590. The molecule has 0 aliphatic rings. The summed E-state index contributed by atoms with van der Waals surface area (Å²) in [7, 11) is 0. The van der Waals surface area contributed by atoms with Gasteiger partial charge in [-0.05, 0) is 126 Å². The molecule has 0 bridgehead atoms. The van der Waals surface area contributed by atoms with Crippen LogP contribution in [0.25, 0.3) is 110 Å². The molecule has 0 radical (unpaired) electrons. The summed E-state index contributed by atoms with van der Waals surface area (Å²) >= 11 is 0. The van der Waals surface area contributed by atoms with Gasteiger partial charge in [0, 0.05) is 32.3 Å². The van der Waals surface area contributed by atoms with Gasteiger partial charge in [-0.2, -0.15) is 10.5 Å². The highest BCUT2D eigenvalue weighted by atomic mass is 16.4. The minimum Gasteiger partial charge on any atom is -0.451 e.